The Morgan fingerprint density at radius 3 is 2.77 bits per heavy atom. The Hall–Kier alpha value is -1.52. The molecule has 0 bridgehead atoms. The highest BCUT2D eigenvalue weighted by Gasteiger charge is 2.13. The third-order valence-electron chi connectivity index (χ3n) is 1.52. The first-order valence-corrected chi connectivity index (χ1v) is 3.91. The van der Waals surface area contributed by atoms with Crippen LogP contribution in [0.4, 0.5) is 0 Å². The average molecular weight is 185 g/mol. The van der Waals surface area contributed by atoms with Gasteiger partial charge in [-0.3, -0.25) is 4.79 Å². The van der Waals surface area contributed by atoms with Crippen LogP contribution in [0.1, 0.15) is 18.6 Å². The number of aliphatic carboxylic acids is 1. The highest BCUT2D eigenvalue weighted by molar-refractivity contribution is 5.68. The number of aromatic nitrogens is 1. The number of oxazole rings is 1. The van der Waals surface area contributed by atoms with Crippen molar-refractivity contribution >= 4 is 5.97 Å². The molecule has 0 spiro atoms. The highest BCUT2D eigenvalue weighted by atomic mass is 16.5. The molecule has 13 heavy (non-hydrogen) atoms. The number of carbonyl (C=O) groups is 1. The number of hydrogen-bond acceptors (Lipinski definition) is 4. The fourth-order valence-corrected chi connectivity index (χ4v) is 0.972. The van der Waals surface area contributed by atoms with Gasteiger partial charge in [-0.2, -0.15) is 4.98 Å². The molecule has 1 N–H and O–H groups in total. The van der Waals surface area contributed by atoms with E-state index in [-0.39, 0.29) is 12.3 Å². The maximum atomic E-state index is 10.3. The molecular weight excluding hydrogens is 174 g/mol. The fourth-order valence-electron chi connectivity index (χ4n) is 0.972. The maximum absolute atomic E-state index is 10.3. The third kappa shape index (κ3) is 2.21. The molecule has 0 atom stereocenters. The molecule has 0 aliphatic heterocycles. The first kappa shape index (κ1) is 9.57. The summed E-state index contributed by atoms with van der Waals surface area (Å²) in [6.07, 6.45) is 0.423. The smallest absolute Gasteiger partial charge is 0.312 e. The Kier molecular flexibility index (Phi) is 2.89. The molecule has 0 fully saturated rings. The van der Waals surface area contributed by atoms with Crippen LogP contribution in [0, 0.1) is 0 Å². The van der Waals surface area contributed by atoms with Crippen LogP contribution in [0.15, 0.2) is 4.42 Å². The molecular formula is C8H11NO4. The van der Waals surface area contributed by atoms with Crippen LogP contribution in [0.25, 0.3) is 0 Å². The van der Waals surface area contributed by atoms with Gasteiger partial charge >= 0.3 is 5.97 Å². The van der Waals surface area contributed by atoms with Gasteiger partial charge in [-0.15, -0.1) is 0 Å². The van der Waals surface area contributed by atoms with Crippen LogP contribution in [0.2, 0.25) is 0 Å². The number of aryl methyl sites for hydroxylation is 1. The van der Waals surface area contributed by atoms with Crippen molar-refractivity contribution in [1.82, 2.24) is 4.98 Å². The number of methoxy groups -OCH3 is 1. The van der Waals surface area contributed by atoms with Gasteiger partial charge in [0.2, 0.25) is 5.89 Å². The molecule has 0 saturated carbocycles. The van der Waals surface area contributed by atoms with E-state index in [9.17, 15) is 4.79 Å². The summed E-state index contributed by atoms with van der Waals surface area (Å²) < 4.78 is 10.0. The van der Waals surface area contributed by atoms with Gasteiger partial charge in [0.1, 0.15) is 6.42 Å². The number of carboxylic acid groups (broad SMARTS) is 1. The minimum atomic E-state index is -0.966. The number of nitrogens with zero attached hydrogens (tertiary/aromatic N) is 1. The van der Waals surface area contributed by atoms with Crippen LogP contribution in [0.3, 0.4) is 0 Å². The second kappa shape index (κ2) is 3.93. The second-order valence-electron chi connectivity index (χ2n) is 2.46. The second-order valence-corrected chi connectivity index (χ2v) is 2.46. The minimum absolute atomic E-state index is 0.182. The molecule has 1 heterocycles. The number of carboxylic acids is 1. The molecule has 5 heteroatoms. The van der Waals surface area contributed by atoms with E-state index in [4.69, 9.17) is 14.3 Å². The minimum Gasteiger partial charge on any atom is -0.481 e. The van der Waals surface area contributed by atoms with Crippen molar-refractivity contribution < 1.29 is 19.1 Å². The van der Waals surface area contributed by atoms with Crippen molar-refractivity contribution in [3.8, 4) is 5.88 Å². The van der Waals surface area contributed by atoms with E-state index >= 15 is 0 Å². The summed E-state index contributed by atoms with van der Waals surface area (Å²) in [6.45, 7) is 1.88. The van der Waals surface area contributed by atoms with E-state index < -0.39 is 5.97 Å². The standard InChI is InChI=1S/C8H11NO4/c1-3-5-8(12-2)9-6(13-5)4-7(10)11/h3-4H2,1-2H3,(H,10,11). The van der Waals surface area contributed by atoms with Gasteiger partial charge < -0.3 is 14.3 Å². The predicted molar refractivity (Wildman–Crippen MR) is 43.8 cm³/mol. The lowest BCUT2D eigenvalue weighted by Gasteiger charge is -1.92. The van der Waals surface area contributed by atoms with E-state index in [1.807, 2.05) is 6.92 Å². The molecule has 1 rings (SSSR count). The van der Waals surface area contributed by atoms with Gasteiger partial charge in [0, 0.05) is 6.42 Å². The van der Waals surface area contributed by atoms with Crippen LogP contribution in [0.5, 0.6) is 5.88 Å². The van der Waals surface area contributed by atoms with E-state index in [2.05, 4.69) is 4.98 Å². The van der Waals surface area contributed by atoms with Gasteiger partial charge in [-0.05, 0) is 0 Å². The SMILES string of the molecule is CCc1oc(CC(=O)O)nc1OC. The summed E-state index contributed by atoms with van der Waals surface area (Å²) in [4.78, 5) is 14.2. The van der Waals surface area contributed by atoms with Crippen molar-refractivity contribution in [3.63, 3.8) is 0 Å². The largest absolute Gasteiger partial charge is 0.481 e. The molecule has 72 valence electrons. The average Bonchev–Trinajstić information content (AvgIpc) is 2.45. The first-order valence-electron chi connectivity index (χ1n) is 3.91. The van der Waals surface area contributed by atoms with Crippen LogP contribution >= 0.6 is 0 Å². The Morgan fingerprint density at radius 2 is 2.38 bits per heavy atom. The quantitative estimate of drug-likeness (QED) is 0.753. The molecule has 1 aromatic rings. The number of rotatable bonds is 4. The third-order valence-corrected chi connectivity index (χ3v) is 1.52. The van der Waals surface area contributed by atoms with Crippen LogP contribution < -0.4 is 4.74 Å². The van der Waals surface area contributed by atoms with Crippen molar-refractivity contribution in [3.05, 3.63) is 11.7 Å². The van der Waals surface area contributed by atoms with Crippen LogP contribution in [-0.4, -0.2) is 23.2 Å². The molecule has 0 aliphatic rings. The lowest BCUT2D eigenvalue weighted by atomic mass is 10.4. The normalized spacial score (nSPS) is 10.0. The Bertz CT molecular complexity index is 284. The van der Waals surface area contributed by atoms with E-state index in [1.54, 1.807) is 0 Å². The first-order chi connectivity index (χ1) is 6.17. The molecule has 0 radical (unpaired) electrons. The zero-order valence-electron chi connectivity index (χ0n) is 7.53. The molecule has 0 saturated heterocycles. The molecule has 0 unspecified atom stereocenters. The van der Waals surface area contributed by atoms with Gasteiger partial charge in [-0.25, -0.2) is 0 Å². The van der Waals surface area contributed by atoms with Gasteiger partial charge in [0.15, 0.2) is 5.76 Å². The summed E-state index contributed by atoms with van der Waals surface area (Å²) in [5, 5.41) is 8.47. The summed E-state index contributed by atoms with van der Waals surface area (Å²) in [6, 6.07) is 0. The van der Waals surface area contributed by atoms with Crippen molar-refractivity contribution in [1.29, 1.82) is 0 Å². The Labute approximate surface area is 75.3 Å². The van der Waals surface area contributed by atoms with E-state index in [1.165, 1.54) is 7.11 Å². The topological polar surface area (TPSA) is 72.6 Å². The van der Waals surface area contributed by atoms with Crippen molar-refractivity contribution in [2.45, 2.75) is 19.8 Å². The summed E-state index contributed by atoms with van der Waals surface area (Å²) in [5.74, 6) is 0.172. The predicted octanol–water partition coefficient (Wildman–Crippen LogP) is 0.873. The Morgan fingerprint density at radius 1 is 1.69 bits per heavy atom. The Balaban J connectivity index is 2.86. The molecule has 0 amide bonds. The van der Waals surface area contributed by atoms with Crippen LogP contribution in [-0.2, 0) is 17.6 Å². The maximum Gasteiger partial charge on any atom is 0.312 e. The number of ether oxygens (including phenoxy) is 1. The van der Waals surface area contributed by atoms with E-state index in [0.717, 1.165) is 0 Å². The summed E-state index contributed by atoms with van der Waals surface area (Å²) in [7, 11) is 1.47. The van der Waals surface area contributed by atoms with Gasteiger partial charge in [0.05, 0.1) is 7.11 Å². The lowest BCUT2D eigenvalue weighted by molar-refractivity contribution is -0.136. The van der Waals surface area contributed by atoms with Crippen molar-refractivity contribution in [2.75, 3.05) is 7.11 Å². The highest BCUT2D eigenvalue weighted by Crippen LogP contribution is 2.19. The van der Waals surface area contributed by atoms with Crippen molar-refractivity contribution in [2.24, 2.45) is 0 Å². The molecule has 1 aromatic heterocycles. The van der Waals surface area contributed by atoms with Gasteiger partial charge in [-0.1, -0.05) is 6.92 Å². The monoisotopic (exact) mass is 185 g/mol. The molecule has 0 aromatic carbocycles. The summed E-state index contributed by atoms with van der Waals surface area (Å²) >= 11 is 0. The molecule has 5 nitrogen and oxygen atoms in total. The van der Waals surface area contributed by atoms with E-state index in [0.29, 0.717) is 18.1 Å². The summed E-state index contributed by atoms with van der Waals surface area (Å²) in [5.41, 5.74) is 0. The zero-order valence-corrected chi connectivity index (χ0v) is 7.53. The molecule has 0 aliphatic carbocycles. The number of hydrogen-bond donors (Lipinski definition) is 1. The zero-order chi connectivity index (χ0) is 9.84. The van der Waals surface area contributed by atoms with Gasteiger partial charge in [0.25, 0.3) is 5.88 Å². The lowest BCUT2D eigenvalue weighted by Crippen LogP contribution is -1.99. The fraction of sp³-hybridized carbons (Fsp3) is 0.500.